The number of amides is 1. The quantitative estimate of drug-likeness (QED) is 0.867. The fraction of sp³-hybridized carbons (Fsp3) is 0.600. The summed E-state index contributed by atoms with van der Waals surface area (Å²) in [5.41, 5.74) is 1.89. The van der Waals surface area contributed by atoms with Gasteiger partial charge < -0.3 is 5.32 Å². The first kappa shape index (κ1) is 17.6. The molecule has 0 saturated heterocycles. The van der Waals surface area contributed by atoms with Crippen molar-refractivity contribution in [2.24, 2.45) is 17.3 Å². The van der Waals surface area contributed by atoms with Gasteiger partial charge in [0.2, 0.25) is 0 Å². The zero-order valence-corrected chi connectivity index (χ0v) is 14.4. The predicted molar refractivity (Wildman–Crippen MR) is 89.5 cm³/mol. The van der Waals surface area contributed by atoms with Crippen molar-refractivity contribution in [3.8, 4) is 0 Å². The van der Waals surface area contributed by atoms with Crippen LogP contribution in [0, 0.1) is 17.3 Å². The molecule has 1 amide bonds. The molecule has 2 saturated carbocycles. The van der Waals surface area contributed by atoms with E-state index in [-0.39, 0.29) is 18.2 Å². The number of carbonyl (C=O) groups is 2. The van der Waals surface area contributed by atoms with Crippen LogP contribution >= 0.6 is 0 Å². The van der Waals surface area contributed by atoms with Gasteiger partial charge in [-0.15, -0.1) is 0 Å². The van der Waals surface area contributed by atoms with E-state index in [1.54, 1.807) is 0 Å². The molecule has 0 heterocycles. The standard InChI is InChI=1S/C20H22F3NO2/c21-20(22,23)18(26)24-11-19-10-9-14-13-4-2-1-3-12(13)5-6-15(14)16(19)7-8-17(19)25/h1-4,14-16H,5-11H2,(H,24,26)/t14-,15-,16+,19-/m1/s1. The highest BCUT2D eigenvalue weighted by molar-refractivity contribution is 5.89. The highest BCUT2D eigenvalue weighted by Crippen LogP contribution is 2.59. The van der Waals surface area contributed by atoms with E-state index < -0.39 is 17.5 Å². The smallest absolute Gasteiger partial charge is 0.347 e. The largest absolute Gasteiger partial charge is 0.471 e. The molecule has 0 aromatic heterocycles. The second kappa shape index (κ2) is 6.10. The molecule has 0 spiro atoms. The van der Waals surface area contributed by atoms with E-state index in [0.29, 0.717) is 24.7 Å². The molecule has 3 nitrogen and oxygen atoms in total. The average Bonchev–Trinajstić information content (AvgIpc) is 2.96. The number of Topliss-reactive ketones (excluding diaryl/α,β-unsaturated/α-hetero) is 1. The van der Waals surface area contributed by atoms with Crippen LogP contribution in [0.2, 0.25) is 0 Å². The minimum absolute atomic E-state index is 0.0299. The van der Waals surface area contributed by atoms with Gasteiger partial charge >= 0.3 is 12.1 Å². The highest BCUT2D eigenvalue weighted by atomic mass is 19.4. The van der Waals surface area contributed by atoms with Crippen molar-refractivity contribution in [2.45, 2.75) is 50.6 Å². The summed E-state index contributed by atoms with van der Waals surface area (Å²) in [6, 6.07) is 8.38. The van der Waals surface area contributed by atoms with Crippen molar-refractivity contribution in [1.29, 1.82) is 0 Å². The number of carbonyl (C=O) groups excluding carboxylic acids is 2. The van der Waals surface area contributed by atoms with Gasteiger partial charge in [0.25, 0.3) is 0 Å². The molecule has 4 rings (SSSR count). The molecular weight excluding hydrogens is 343 g/mol. The molecule has 3 aliphatic carbocycles. The van der Waals surface area contributed by atoms with Crippen LogP contribution in [0.4, 0.5) is 13.2 Å². The lowest BCUT2D eigenvalue weighted by Gasteiger charge is -2.49. The van der Waals surface area contributed by atoms with Crippen LogP contribution in [-0.4, -0.2) is 24.4 Å². The fourth-order valence-electron chi connectivity index (χ4n) is 5.77. The van der Waals surface area contributed by atoms with Crippen molar-refractivity contribution >= 4 is 11.7 Å². The molecule has 1 aromatic rings. The van der Waals surface area contributed by atoms with E-state index >= 15 is 0 Å². The monoisotopic (exact) mass is 365 g/mol. The lowest BCUT2D eigenvalue weighted by atomic mass is 9.55. The topological polar surface area (TPSA) is 46.2 Å². The van der Waals surface area contributed by atoms with Crippen molar-refractivity contribution in [3.05, 3.63) is 35.4 Å². The van der Waals surface area contributed by atoms with Crippen LogP contribution in [0.5, 0.6) is 0 Å². The Bertz CT molecular complexity index is 745. The van der Waals surface area contributed by atoms with E-state index in [1.165, 1.54) is 11.1 Å². The second-order valence-corrected chi connectivity index (χ2v) is 7.95. The molecule has 1 aromatic carbocycles. The van der Waals surface area contributed by atoms with Crippen molar-refractivity contribution < 1.29 is 22.8 Å². The summed E-state index contributed by atoms with van der Waals surface area (Å²) in [5, 5.41) is 2.01. The molecule has 0 radical (unpaired) electrons. The normalized spacial score (nSPS) is 33.2. The molecule has 4 atom stereocenters. The Morgan fingerprint density at radius 1 is 1.15 bits per heavy atom. The van der Waals surface area contributed by atoms with Gasteiger partial charge in [0.1, 0.15) is 5.78 Å². The van der Waals surface area contributed by atoms with E-state index in [1.807, 2.05) is 17.4 Å². The number of aryl methyl sites for hydroxylation is 1. The van der Waals surface area contributed by atoms with E-state index in [2.05, 4.69) is 12.1 Å². The van der Waals surface area contributed by atoms with Gasteiger partial charge in [-0.2, -0.15) is 13.2 Å². The molecule has 140 valence electrons. The Labute approximate surface area is 150 Å². The highest BCUT2D eigenvalue weighted by Gasteiger charge is 2.57. The summed E-state index contributed by atoms with van der Waals surface area (Å²) >= 11 is 0. The number of halogens is 3. The first-order valence-corrected chi connectivity index (χ1v) is 9.29. The number of benzene rings is 1. The number of nitrogens with one attached hydrogen (secondary N) is 1. The van der Waals surface area contributed by atoms with E-state index in [0.717, 1.165) is 25.7 Å². The molecule has 26 heavy (non-hydrogen) atoms. The van der Waals surface area contributed by atoms with Crippen LogP contribution in [-0.2, 0) is 16.0 Å². The molecular formula is C20H22F3NO2. The predicted octanol–water partition coefficient (Wildman–Crippen LogP) is 3.77. The van der Waals surface area contributed by atoms with Gasteiger partial charge in [-0.3, -0.25) is 9.59 Å². The summed E-state index contributed by atoms with van der Waals surface area (Å²) in [5.74, 6) is -1.16. The van der Waals surface area contributed by atoms with Crippen LogP contribution in [0.1, 0.15) is 49.1 Å². The zero-order valence-electron chi connectivity index (χ0n) is 14.4. The van der Waals surface area contributed by atoms with Crippen LogP contribution in [0.25, 0.3) is 0 Å². The summed E-state index contributed by atoms with van der Waals surface area (Å²) in [7, 11) is 0. The first-order valence-electron chi connectivity index (χ1n) is 9.29. The lowest BCUT2D eigenvalue weighted by molar-refractivity contribution is -0.174. The molecule has 3 aliphatic rings. The van der Waals surface area contributed by atoms with Gasteiger partial charge in [-0.05, 0) is 61.0 Å². The number of hydrogen-bond acceptors (Lipinski definition) is 2. The van der Waals surface area contributed by atoms with E-state index in [4.69, 9.17) is 0 Å². The Morgan fingerprint density at radius 3 is 2.69 bits per heavy atom. The first-order chi connectivity index (χ1) is 12.3. The van der Waals surface area contributed by atoms with Crippen molar-refractivity contribution in [2.75, 3.05) is 6.54 Å². The number of ketones is 1. The maximum absolute atomic E-state index is 12.7. The Kier molecular flexibility index (Phi) is 4.12. The molecule has 0 bridgehead atoms. The molecule has 0 aliphatic heterocycles. The average molecular weight is 365 g/mol. The molecule has 0 unspecified atom stereocenters. The number of hydrogen-bond donors (Lipinski definition) is 1. The maximum Gasteiger partial charge on any atom is 0.471 e. The van der Waals surface area contributed by atoms with Gasteiger partial charge in [0.15, 0.2) is 0 Å². The van der Waals surface area contributed by atoms with Gasteiger partial charge in [0.05, 0.1) is 0 Å². The third-order valence-electron chi connectivity index (χ3n) is 6.91. The summed E-state index contributed by atoms with van der Waals surface area (Å²) < 4.78 is 37.7. The third kappa shape index (κ3) is 2.65. The SMILES string of the molecule is O=C(NC[C@]12CC[C@@H]3c4ccccc4CC[C@H]3[C@@H]1CCC2=O)C(F)(F)F. The van der Waals surface area contributed by atoms with Crippen LogP contribution in [0.3, 0.4) is 0 Å². The Balaban J connectivity index is 1.59. The van der Waals surface area contributed by atoms with Crippen molar-refractivity contribution in [1.82, 2.24) is 5.32 Å². The van der Waals surface area contributed by atoms with E-state index in [9.17, 15) is 22.8 Å². The van der Waals surface area contributed by atoms with Gasteiger partial charge in [-0.25, -0.2) is 0 Å². The van der Waals surface area contributed by atoms with Gasteiger partial charge in [-0.1, -0.05) is 24.3 Å². The van der Waals surface area contributed by atoms with Crippen LogP contribution < -0.4 is 5.32 Å². The van der Waals surface area contributed by atoms with Crippen molar-refractivity contribution in [3.63, 3.8) is 0 Å². The number of alkyl halides is 3. The summed E-state index contributed by atoms with van der Waals surface area (Å²) in [6.07, 6.45) is -0.492. The zero-order chi connectivity index (χ0) is 18.5. The summed E-state index contributed by atoms with van der Waals surface area (Å²) in [6.45, 7) is -0.181. The molecule has 2 fully saturated rings. The minimum atomic E-state index is -4.91. The third-order valence-corrected chi connectivity index (χ3v) is 6.91. The Hall–Kier alpha value is -1.85. The minimum Gasteiger partial charge on any atom is -0.347 e. The molecule has 6 heteroatoms. The lowest BCUT2D eigenvalue weighted by Crippen LogP contribution is -2.52. The van der Waals surface area contributed by atoms with Gasteiger partial charge in [0, 0.05) is 18.4 Å². The molecule has 1 N–H and O–H groups in total. The summed E-state index contributed by atoms with van der Waals surface area (Å²) in [4.78, 5) is 24.0. The van der Waals surface area contributed by atoms with Crippen LogP contribution in [0.15, 0.2) is 24.3 Å². The maximum atomic E-state index is 12.7. The Morgan fingerprint density at radius 2 is 1.92 bits per heavy atom. The number of fused-ring (bicyclic) bond motifs is 5. The number of rotatable bonds is 2. The second-order valence-electron chi connectivity index (χ2n) is 7.95. The fourth-order valence-corrected chi connectivity index (χ4v) is 5.77.